The Balaban J connectivity index is 1.64. The maximum atomic E-state index is 13.0. The molecule has 1 aliphatic rings. The zero-order valence-corrected chi connectivity index (χ0v) is 17.1. The molecule has 0 aliphatic carbocycles. The molecule has 1 atom stereocenters. The summed E-state index contributed by atoms with van der Waals surface area (Å²) < 4.78 is 49.2. The van der Waals surface area contributed by atoms with Crippen LogP contribution in [0.1, 0.15) is 48.0 Å². The van der Waals surface area contributed by atoms with Crippen molar-refractivity contribution in [3.8, 4) is 0 Å². The van der Waals surface area contributed by atoms with Crippen molar-refractivity contribution in [3.63, 3.8) is 0 Å². The molecular formula is C22H23F3O3S. The largest absolute Gasteiger partial charge is 0.416 e. The molecule has 0 N–H and O–H groups in total. The molecular weight excluding hydrogens is 401 g/mol. The van der Waals surface area contributed by atoms with E-state index in [4.69, 9.17) is 9.47 Å². The number of hydrogen-bond acceptors (Lipinski definition) is 4. The Bertz CT molecular complexity index is 815. The average molecular weight is 424 g/mol. The number of ether oxygens (including phenoxy) is 2. The minimum Gasteiger partial charge on any atom is -0.347 e. The second-order valence-corrected chi connectivity index (χ2v) is 8.94. The lowest BCUT2D eigenvalue weighted by atomic mass is 9.95. The van der Waals surface area contributed by atoms with E-state index < -0.39 is 22.8 Å². The van der Waals surface area contributed by atoms with Crippen LogP contribution in [0.5, 0.6) is 0 Å². The highest BCUT2D eigenvalue weighted by atomic mass is 32.2. The standard InChI is InChI=1S/C22H23F3O3S/c1-3-21(2,19(26)15-9-11-17(12-10-15)22(23,24)25)29-18-13-27-20(28-14-18)16-7-5-4-6-8-16/h4-12,18,20H,3,13-14H2,1-2H3. The van der Waals surface area contributed by atoms with Crippen molar-refractivity contribution < 1.29 is 27.4 Å². The summed E-state index contributed by atoms with van der Waals surface area (Å²) in [5.74, 6) is -0.191. The quantitative estimate of drug-likeness (QED) is 0.541. The number of carbonyl (C=O) groups is 1. The van der Waals surface area contributed by atoms with Crippen LogP contribution < -0.4 is 0 Å². The van der Waals surface area contributed by atoms with Crippen LogP contribution in [0.2, 0.25) is 0 Å². The molecule has 156 valence electrons. The van der Waals surface area contributed by atoms with Gasteiger partial charge in [-0.15, -0.1) is 11.8 Å². The van der Waals surface area contributed by atoms with E-state index in [1.54, 1.807) is 0 Å². The van der Waals surface area contributed by atoms with Crippen LogP contribution >= 0.6 is 11.8 Å². The third-order valence-electron chi connectivity index (χ3n) is 4.99. The van der Waals surface area contributed by atoms with Crippen LogP contribution in [0, 0.1) is 0 Å². The first-order valence-corrected chi connectivity index (χ1v) is 10.3. The summed E-state index contributed by atoms with van der Waals surface area (Å²) in [4.78, 5) is 13.0. The highest BCUT2D eigenvalue weighted by Gasteiger charge is 2.38. The third kappa shape index (κ3) is 5.21. The van der Waals surface area contributed by atoms with Gasteiger partial charge in [-0.05, 0) is 25.5 Å². The molecule has 2 aromatic carbocycles. The molecule has 3 rings (SSSR count). The van der Waals surface area contributed by atoms with Gasteiger partial charge in [-0.25, -0.2) is 0 Å². The number of carbonyl (C=O) groups excluding carboxylic acids is 1. The van der Waals surface area contributed by atoms with Crippen LogP contribution in [-0.2, 0) is 15.7 Å². The Morgan fingerprint density at radius 3 is 2.14 bits per heavy atom. The summed E-state index contributed by atoms with van der Waals surface area (Å²) in [6.45, 7) is 4.58. The fourth-order valence-electron chi connectivity index (χ4n) is 3.14. The van der Waals surface area contributed by atoms with E-state index in [9.17, 15) is 18.0 Å². The molecule has 1 unspecified atom stereocenters. The van der Waals surface area contributed by atoms with Crippen molar-refractivity contribution in [2.24, 2.45) is 0 Å². The lowest BCUT2D eigenvalue weighted by Crippen LogP contribution is -2.38. The molecule has 2 aromatic rings. The molecule has 1 aliphatic heterocycles. The van der Waals surface area contributed by atoms with E-state index in [0.29, 0.717) is 19.6 Å². The smallest absolute Gasteiger partial charge is 0.347 e. The van der Waals surface area contributed by atoms with Gasteiger partial charge in [0.25, 0.3) is 0 Å². The third-order valence-corrected chi connectivity index (χ3v) is 6.59. The SMILES string of the molecule is CCC(C)(SC1COC(c2ccccc2)OC1)C(=O)c1ccc(C(F)(F)F)cc1. The Morgan fingerprint density at radius 2 is 1.62 bits per heavy atom. The molecule has 3 nitrogen and oxygen atoms in total. The van der Waals surface area contributed by atoms with Crippen LogP contribution in [0.3, 0.4) is 0 Å². The number of hydrogen-bond donors (Lipinski definition) is 0. The van der Waals surface area contributed by atoms with Gasteiger partial charge in [-0.1, -0.05) is 49.4 Å². The summed E-state index contributed by atoms with van der Waals surface area (Å²) in [6, 6.07) is 14.0. The first-order chi connectivity index (χ1) is 13.7. The zero-order chi connectivity index (χ0) is 21.1. The van der Waals surface area contributed by atoms with E-state index in [-0.39, 0.29) is 16.6 Å². The monoisotopic (exact) mass is 424 g/mol. The summed E-state index contributed by atoms with van der Waals surface area (Å²) in [5, 5.41) is -0.0432. The molecule has 1 fully saturated rings. The van der Waals surface area contributed by atoms with Gasteiger partial charge in [0.1, 0.15) is 0 Å². The highest BCUT2D eigenvalue weighted by molar-refractivity contribution is 8.02. The van der Waals surface area contributed by atoms with Gasteiger partial charge in [-0.2, -0.15) is 13.2 Å². The van der Waals surface area contributed by atoms with E-state index in [0.717, 1.165) is 17.7 Å². The minimum atomic E-state index is -4.42. The second kappa shape index (κ2) is 8.90. The summed E-state index contributed by atoms with van der Waals surface area (Å²) in [7, 11) is 0. The fraction of sp³-hybridized carbons (Fsp3) is 0.409. The van der Waals surface area contributed by atoms with Crippen molar-refractivity contribution in [1.29, 1.82) is 0 Å². The normalized spacial score (nSPS) is 22.1. The number of Topliss-reactive ketones (excluding diaryl/α,β-unsaturated/α-hetero) is 1. The molecule has 1 heterocycles. The van der Waals surface area contributed by atoms with Crippen LogP contribution in [0.25, 0.3) is 0 Å². The van der Waals surface area contributed by atoms with Gasteiger partial charge in [-0.3, -0.25) is 4.79 Å². The molecule has 7 heteroatoms. The van der Waals surface area contributed by atoms with E-state index in [1.807, 2.05) is 44.2 Å². The number of halogens is 3. The Labute approximate surface area is 172 Å². The first-order valence-electron chi connectivity index (χ1n) is 9.41. The van der Waals surface area contributed by atoms with Gasteiger partial charge < -0.3 is 9.47 Å². The van der Waals surface area contributed by atoms with Crippen molar-refractivity contribution >= 4 is 17.5 Å². The molecule has 0 saturated carbocycles. The lowest BCUT2D eigenvalue weighted by Gasteiger charge is -2.35. The number of ketones is 1. The van der Waals surface area contributed by atoms with Crippen LogP contribution in [0.15, 0.2) is 54.6 Å². The molecule has 0 aromatic heterocycles. The zero-order valence-electron chi connectivity index (χ0n) is 16.2. The van der Waals surface area contributed by atoms with Gasteiger partial charge in [0.05, 0.1) is 28.8 Å². The van der Waals surface area contributed by atoms with E-state index >= 15 is 0 Å². The average Bonchev–Trinajstić information content (AvgIpc) is 2.74. The lowest BCUT2D eigenvalue weighted by molar-refractivity contribution is -0.179. The molecule has 0 bridgehead atoms. The molecule has 0 amide bonds. The summed E-state index contributed by atoms with van der Waals surface area (Å²) in [5.41, 5.74) is 0.450. The Kier molecular flexibility index (Phi) is 6.71. The topological polar surface area (TPSA) is 35.5 Å². The molecule has 1 saturated heterocycles. The number of benzene rings is 2. The van der Waals surface area contributed by atoms with Gasteiger partial charge in [0, 0.05) is 11.1 Å². The maximum absolute atomic E-state index is 13.0. The molecule has 29 heavy (non-hydrogen) atoms. The van der Waals surface area contributed by atoms with E-state index in [1.165, 1.54) is 23.9 Å². The Morgan fingerprint density at radius 1 is 1.03 bits per heavy atom. The number of rotatable bonds is 6. The van der Waals surface area contributed by atoms with Crippen molar-refractivity contribution in [2.75, 3.05) is 13.2 Å². The van der Waals surface area contributed by atoms with Gasteiger partial charge in [0.2, 0.25) is 0 Å². The molecule has 0 radical (unpaired) electrons. The van der Waals surface area contributed by atoms with Crippen molar-refractivity contribution in [2.45, 2.75) is 42.7 Å². The first kappa shape index (κ1) is 21.9. The van der Waals surface area contributed by atoms with Crippen LogP contribution in [-0.4, -0.2) is 29.0 Å². The maximum Gasteiger partial charge on any atom is 0.416 e. The summed E-state index contributed by atoms with van der Waals surface area (Å²) >= 11 is 1.46. The fourth-order valence-corrected chi connectivity index (χ4v) is 4.56. The van der Waals surface area contributed by atoms with Crippen molar-refractivity contribution in [1.82, 2.24) is 0 Å². The predicted octanol–water partition coefficient (Wildman–Crippen LogP) is 5.90. The predicted molar refractivity (Wildman–Crippen MR) is 107 cm³/mol. The second-order valence-electron chi connectivity index (χ2n) is 7.14. The van der Waals surface area contributed by atoms with Crippen molar-refractivity contribution in [3.05, 3.63) is 71.3 Å². The summed E-state index contributed by atoms with van der Waals surface area (Å²) in [6.07, 6.45) is -4.31. The molecule has 0 spiro atoms. The van der Waals surface area contributed by atoms with Gasteiger partial charge >= 0.3 is 6.18 Å². The highest BCUT2D eigenvalue weighted by Crippen LogP contribution is 2.39. The number of thioether (sulfide) groups is 1. The van der Waals surface area contributed by atoms with Gasteiger partial charge in [0.15, 0.2) is 12.1 Å². The van der Waals surface area contributed by atoms with Crippen LogP contribution in [0.4, 0.5) is 13.2 Å². The number of alkyl halides is 3. The minimum absolute atomic E-state index is 0.0432. The Hall–Kier alpha value is -1.83. The van der Waals surface area contributed by atoms with E-state index in [2.05, 4.69) is 0 Å².